The molecule has 0 bridgehead atoms. The third-order valence-corrected chi connectivity index (χ3v) is 10.9. The Hall–Kier alpha value is -3.92. The average molecular weight is 749 g/mol. The van der Waals surface area contributed by atoms with Gasteiger partial charge in [0.15, 0.2) is 0 Å². The van der Waals surface area contributed by atoms with E-state index in [1.165, 1.54) is 119 Å². The molecular formula is C51H72O4. The van der Waals surface area contributed by atoms with Gasteiger partial charge in [0.05, 0.1) is 0 Å². The van der Waals surface area contributed by atoms with Crippen LogP contribution in [0.2, 0.25) is 0 Å². The van der Waals surface area contributed by atoms with Gasteiger partial charge in [0.2, 0.25) is 0 Å². The van der Waals surface area contributed by atoms with Gasteiger partial charge in [0, 0.05) is 11.1 Å². The number of rotatable bonds is 30. The summed E-state index contributed by atoms with van der Waals surface area (Å²) >= 11 is 0. The van der Waals surface area contributed by atoms with Crippen molar-refractivity contribution in [1.82, 2.24) is 0 Å². The number of phenols is 1. The SMILES string of the molecule is CCCCCCCCc1ccccc1OCc1ccc(O)c(COc2ccccc2CCCCCCCC)c1COc1ccccc1CCCCCCCC. The Balaban J connectivity index is 1.52. The van der Waals surface area contributed by atoms with Crippen LogP contribution in [0.4, 0.5) is 0 Å². The maximum Gasteiger partial charge on any atom is 0.123 e. The standard InChI is InChI=1S/C51H72O4/c1-4-7-10-13-16-19-28-42-31-22-25-34-49(42)53-39-45-37-38-48(52)47(41-55-51-36-27-24-33-44(51)30-21-18-15-12-9-6-3)46(45)40-54-50-35-26-23-32-43(50)29-20-17-14-11-8-5-2/h22-27,31-38,52H,4-21,28-30,39-41H2,1-3H3. The van der Waals surface area contributed by atoms with Crippen LogP contribution in [0.15, 0.2) is 84.9 Å². The average Bonchev–Trinajstić information content (AvgIpc) is 3.21. The minimum absolute atomic E-state index is 0.222. The lowest BCUT2D eigenvalue weighted by Crippen LogP contribution is -2.11. The first-order valence-corrected chi connectivity index (χ1v) is 22.1. The number of para-hydroxylation sites is 3. The fourth-order valence-corrected chi connectivity index (χ4v) is 7.50. The molecule has 4 aromatic rings. The van der Waals surface area contributed by atoms with Crippen LogP contribution in [-0.2, 0) is 39.1 Å². The van der Waals surface area contributed by atoms with Crippen LogP contribution in [0.3, 0.4) is 0 Å². The minimum Gasteiger partial charge on any atom is -0.508 e. The van der Waals surface area contributed by atoms with Crippen molar-refractivity contribution in [3.8, 4) is 23.0 Å². The molecule has 4 heteroatoms. The van der Waals surface area contributed by atoms with Crippen molar-refractivity contribution in [3.63, 3.8) is 0 Å². The third kappa shape index (κ3) is 16.0. The van der Waals surface area contributed by atoms with E-state index in [9.17, 15) is 5.11 Å². The van der Waals surface area contributed by atoms with E-state index in [0.29, 0.717) is 13.2 Å². The van der Waals surface area contributed by atoms with E-state index < -0.39 is 0 Å². The number of aryl methyl sites for hydroxylation is 3. The lowest BCUT2D eigenvalue weighted by Gasteiger charge is -2.20. The molecule has 0 saturated carbocycles. The van der Waals surface area contributed by atoms with E-state index in [1.54, 1.807) is 6.07 Å². The molecule has 0 heterocycles. The van der Waals surface area contributed by atoms with Gasteiger partial charge in [0.25, 0.3) is 0 Å². The molecule has 0 spiro atoms. The van der Waals surface area contributed by atoms with Gasteiger partial charge in [-0.05, 0) is 85.0 Å². The van der Waals surface area contributed by atoms with Crippen molar-refractivity contribution < 1.29 is 19.3 Å². The third-order valence-electron chi connectivity index (χ3n) is 10.9. The Morgan fingerprint density at radius 2 is 0.691 bits per heavy atom. The van der Waals surface area contributed by atoms with Crippen LogP contribution in [-0.4, -0.2) is 5.11 Å². The number of phenolic OH excluding ortho intramolecular Hbond substituents is 1. The Morgan fingerprint density at radius 3 is 1.11 bits per heavy atom. The predicted octanol–water partition coefficient (Wildman–Crippen LogP) is 14.8. The zero-order valence-electron chi connectivity index (χ0n) is 34.7. The monoisotopic (exact) mass is 749 g/mol. The number of ether oxygens (including phenoxy) is 3. The number of aromatic hydroxyl groups is 1. The summed E-state index contributed by atoms with van der Waals surface area (Å²) in [6, 6.07) is 29.1. The summed E-state index contributed by atoms with van der Waals surface area (Å²) in [7, 11) is 0. The van der Waals surface area contributed by atoms with Gasteiger partial charge in [-0.15, -0.1) is 0 Å². The van der Waals surface area contributed by atoms with Crippen LogP contribution in [0.5, 0.6) is 23.0 Å². The van der Waals surface area contributed by atoms with Gasteiger partial charge < -0.3 is 19.3 Å². The molecule has 0 radical (unpaired) electrons. The van der Waals surface area contributed by atoms with Crippen LogP contribution < -0.4 is 14.2 Å². The maximum atomic E-state index is 11.4. The van der Waals surface area contributed by atoms with Gasteiger partial charge in [-0.1, -0.05) is 178 Å². The lowest BCUT2D eigenvalue weighted by atomic mass is 10.0. The van der Waals surface area contributed by atoms with E-state index in [2.05, 4.69) is 87.5 Å². The number of unbranched alkanes of at least 4 members (excludes halogenated alkanes) is 15. The maximum absolute atomic E-state index is 11.4. The van der Waals surface area contributed by atoms with Crippen molar-refractivity contribution in [2.45, 2.75) is 175 Å². The summed E-state index contributed by atoms with van der Waals surface area (Å²) in [6.45, 7) is 7.74. The largest absolute Gasteiger partial charge is 0.508 e. The molecule has 0 aliphatic rings. The molecule has 300 valence electrons. The zero-order valence-corrected chi connectivity index (χ0v) is 34.7. The lowest BCUT2D eigenvalue weighted by molar-refractivity contribution is 0.266. The molecule has 4 aromatic carbocycles. The van der Waals surface area contributed by atoms with E-state index in [1.807, 2.05) is 12.1 Å². The highest BCUT2D eigenvalue weighted by molar-refractivity contribution is 5.46. The van der Waals surface area contributed by atoms with E-state index in [-0.39, 0.29) is 12.4 Å². The van der Waals surface area contributed by atoms with E-state index in [0.717, 1.165) is 66.0 Å². The molecule has 0 aromatic heterocycles. The van der Waals surface area contributed by atoms with Crippen molar-refractivity contribution in [1.29, 1.82) is 0 Å². The molecule has 0 aliphatic carbocycles. The molecule has 0 unspecified atom stereocenters. The van der Waals surface area contributed by atoms with Crippen molar-refractivity contribution >= 4 is 0 Å². The zero-order chi connectivity index (χ0) is 38.8. The van der Waals surface area contributed by atoms with Gasteiger partial charge in [-0.3, -0.25) is 0 Å². The Labute approximate surface area is 335 Å². The molecule has 1 N–H and O–H groups in total. The highest BCUT2D eigenvalue weighted by Crippen LogP contribution is 2.32. The molecule has 0 atom stereocenters. The first kappa shape index (κ1) is 43.8. The highest BCUT2D eigenvalue weighted by Gasteiger charge is 2.18. The van der Waals surface area contributed by atoms with Crippen LogP contribution in [0, 0.1) is 0 Å². The van der Waals surface area contributed by atoms with Crippen LogP contribution in [0.1, 0.15) is 170 Å². The topological polar surface area (TPSA) is 47.9 Å². The first-order valence-electron chi connectivity index (χ1n) is 22.1. The molecule has 0 saturated heterocycles. The highest BCUT2D eigenvalue weighted by atomic mass is 16.5. The summed E-state index contributed by atoms with van der Waals surface area (Å²) < 4.78 is 19.8. The second kappa shape index (κ2) is 26.8. The number of benzene rings is 4. The second-order valence-electron chi connectivity index (χ2n) is 15.4. The predicted molar refractivity (Wildman–Crippen MR) is 232 cm³/mol. The summed E-state index contributed by atoms with van der Waals surface area (Å²) in [5.74, 6) is 2.95. The summed E-state index contributed by atoms with van der Waals surface area (Å²) in [5.41, 5.74) is 6.39. The summed E-state index contributed by atoms with van der Waals surface area (Å²) in [5, 5.41) is 11.4. The van der Waals surface area contributed by atoms with Crippen LogP contribution >= 0.6 is 0 Å². The molecular weight excluding hydrogens is 677 g/mol. The summed E-state index contributed by atoms with van der Waals surface area (Å²) in [4.78, 5) is 0. The molecule has 4 nitrogen and oxygen atoms in total. The minimum atomic E-state index is 0.222. The van der Waals surface area contributed by atoms with Crippen LogP contribution in [0.25, 0.3) is 0 Å². The number of hydrogen-bond donors (Lipinski definition) is 1. The van der Waals surface area contributed by atoms with Gasteiger partial charge in [-0.25, -0.2) is 0 Å². The Bertz CT molecular complexity index is 1610. The summed E-state index contributed by atoms with van der Waals surface area (Å²) in [6.07, 6.45) is 25.8. The second-order valence-corrected chi connectivity index (χ2v) is 15.4. The first-order chi connectivity index (χ1) is 27.1. The molecule has 4 rings (SSSR count). The Morgan fingerprint density at radius 1 is 0.345 bits per heavy atom. The van der Waals surface area contributed by atoms with Crippen molar-refractivity contribution in [2.75, 3.05) is 0 Å². The normalized spacial score (nSPS) is 11.2. The molecule has 55 heavy (non-hydrogen) atoms. The fourth-order valence-electron chi connectivity index (χ4n) is 7.50. The van der Waals surface area contributed by atoms with Crippen molar-refractivity contribution in [3.05, 3.63) is 118 Å². The van der Waals surface area contributed by atoms with E-state index >= 15 is 0 Å². The quantitative estimate of drug-likeness (QED) is 0.0540. The van der Waals surface area contributed by atoms with Gasteiger partial charge >= 0.3 is 0 Å². The smallest absolute Gasteiger partial charge is 0.123 e. The van der Waals surface area contributed by atoms with Gasteiger partial charge in [-0.2, -0.15) is 0 Å². The molecule has 0 aliphatic heterocycles. The Kier molecular flexibility index (Phi) is 21.4. The van der Waals surface area contributed by atoms with E-state index in [4.69, 9.17) is 14.2 Å². The van der Waals surface area contributed by atoms with Crippen molar-refractivity contribution in [2.24, 2.45) is 0 Å². The molecule has 0 amide bonds. The fraction of sp³-hybridized carbons (Fsp3) is 0.529. The number of hydrogen-bond acceptors (Lipinski definition) is 4. The van der Waals surface area contributed by atoms with Gasteiger partial charge in [0.1, 0.15) is 42.8 Å². The molecule has 0 fully saturated rings.